The van der Waals surface area contributed by atoms with Crippen LogP contribution >= 0.6 is 0 Å². The van der Waals surface area contributed by atoms with Crippen LogP contribution < -0.4 is 5.32 Å². The predicted molar refractivity (Wildman–Crippen MR) is 171 cm³/mol. The summed E-state index contributed by atoms with van der Waals surface area (Å²) >= 11 is 0. The van der Waals surface area contributed by atoms with E-state index in [1.54, 1.807) is 17.1 Å². The molecular weight excluding hydrogens is 590 g/mol. The summed E-state index contributed by atoms with van der Waals surface area (Å²) in [7, 11) is 1.50. The molecule has 3 saturated heterocycles. The van der Waals surface area contributed by atoms with Crippen LogP contribution in [0.4, 0.5) is 0 Å². The molecule has 4 rings (SSSR count). The molecule has 11 nitrogen and oxygen atoms in total. The van der Waals surface area contributed by atoms with Gasteiger partial charge in [0.1, 0.15) is 17.7 Å². The maximum Gasteiger partial charge on any atom is 0.313 e. The molecule has 3 aliphatic rings. The third kappa shape index (κ3) is 6.91. The van der Waals surface area contributed by atoms with Crippen LogP contribution in [0.5, 0.6) is 0 Å². The molecule has 3 aliphatic heterocycles. The lowest BCUT2D eigenvalue weighted by molar-refractivity contribution is -0.163. The summed E-state index contributed by atoms with van der Waals surface area (Å²) < 4.78 is 18.3. The quantitative estimate of drug-likeness (QED) is 0.208. The Bertz CT molecular complexity index is 1280. The fourth-order valence-electron chi connectivity index (χ4n) is 7.28. The number of aliphatic hydroxyl groups is 1. The number of fused-ring (bicyclic) bond motifs is 1. The van der Waals surface area contributed by atoms with Gasteiger partial charge in [0.15, 0.2) is 0 Å². The van der Waals surface area contributed by atoms with Crippen LogP contribution in [0.15, 0.2) is 55.6 Å². The number of nitrogens with zero attached hydrogens (tertiary/aromatic N) is 2. The second-order valence-electron chi connectivity index (χ2n) is 13.3. The summed E-state index contributed by atoms with van der Waals surface area (Å²) in [6.45, 7) is 13.6. The summed E-state index contributed by atoms with van der Waals surface area (Å²) in [5, 5.41) is 12.6. The smallest absolute Gasteiger partial charge is 0.313 e. The fraction of sp³-hybridized carbons (Fsp3) is 0.600. The van der Waals surface area contributed by atoms with E-state index in [0.29, 0.717) is 24.8 Å². The number of hydrogen-bond donors (Lipinski definition) is 2. The second kappa shape index (κ2) is 14.9. The van der Waals surface area contributed by atoms with Gasteiger partial charge in [0, 0.05) is 38.8 Å². The molecule has 1 aromatic carbocycles. The van der Waals surface area contributed by atoms with Crippen molar-refractivity contribution in [1.29, 1.82) is 0 Å². The molecule has 0 unspecified atom stereocenters. The molecule has 0 saturated carbocycles. The molecule has 3 heterocycles. The number of rotatable bonds is 16. The molecule has 0 aromatic heterocycles. The molecule has 1 aromatic rings. The zero-order valence-electron chi connectivity index (χ0n) is 27.5. The number of methoxy groups -OCH3 is 1. The van der Waals surface area contributed by atoms with E-state index >= 15 is 0 Å². The third-order valence-electron chi connectivity index (χ3n) is 9.26. The molecule has 11 heteroatoms. The van der Waals surface area contributed by atoms with Crippen LogP contribution in [-0.4, -0.2) is 101 Å². The van der Waals surface area contributed by atoms with Crippen LogP contribution in [0, 0.1) is 11.8 Å². The van der Waals surface area contributed by atoms with Crippen molar-refractivity contribution in [3.05, 3.63) is 61.2 Å². The lowest BCUT2D eigenvalue weighted by Crippen LogP contribution is -2.60. The van der Waals surface area contributed by atoms with Crippen molar-refractivity contribution < 1.29 is 38.5 Å². The van der Waals surface area contributed by atoms with Gasteiger partial charge in [0.05, 0.1) is 30.6 Å². The number of carbonyl (C=O) groups excluding carboxylic acids is 4. The van der Waals surface area contributed by atoms with Crippen molar-refractivity contribution in [1.82, 2.24) is 15.1 Å². The monoisotopic (exact) mass is 639 g/mol. The molecule has 0 radical (unpaired) electrons. The van der Waals surface area contributed by atoms with E-state index in [2.05, 4.69) is 18.5 Å². The zero-order chi connectivity index (χ0) is 33.6. The Labute approximate surface area is 271 Å². The molecule has 3 amide bonds. The van der Waals surface area contributed by atoms with E-state index in [9.17, 15) is 24.3 Å². The van der Waals surface area contributed by atoms with E-state index in [-0.39, 0.29) is 56.9 Å². The van der Waals surface area contributed by atoms with Gasteiger partial charge in [-0.2, -0.15) is 0 Å². The van der Waals surface area contributed by atoms with E-state index < -0.39 is 53.2 Å². The lowest BCUT2D eigenvalue weighted by Gasteiger charge is -2.42. The number of allylic oxidation sites excluding steroid dienone is 1. The molecule has 2 N–H and O–H groups in total. The number of ether oxygens (including phenoxy) is 3. The largest absolute Gasteiger partial charge is 0.455 e. The minimum atomic E-state index is -1.21. The van der Waals surface area contributed by atoms with Gasteiger partial charge in [-0.3, -0.25) is 19.2 Å². The van der Waals surface area contributed by atoms with Gasteiger partial charge in [-0.05, 0) is 52.0 Å². The predicted octanol–water partition coefficient (Wildman–Crippen LogP) is 2.94. The van der Waals surface area contributed by atoms with Crippen molar-refractivity contribution in [3.8, 4) is 0 Å². The van der Waals surface area contributed by atoms with Gasteiger partial charge >= 0.3 is 5.97 Å². The zero-order valence-corrected chi connectivity index (χ0v) is 27.5. The maximum absolute atomic E-state index is 14.4. The maximum atomic E-state index is 14.4. The van der Waals surface area contributed by atoms with E-state index in [4.69, 9.17) is 14.2 Å². The Morgan fingerprint density at radius 1 is 1.22 bits per heavy atom. The summed E-state index contributed by atoms with van der Waals surface area (Å²) in [6.07, 6.45) is 3.66. The lowest BCUT2D eigenvalue weighted by atomic mass is 9.70. The highest BCUT2D eigenvalue weighted by Crippen LogP contribution is 2.59. The van der Waals surface area contributed by atoms with Gasteiger partial charge in [-0.25, -0.2) is 0 Å². The van der Waals surface area contributed by atoms with E-state index in [1.807, 2.05) is 51.1 Å². The topological polar surface area (TPSA) is 135 Å². The highest BCUT2D eigenvalue weighted by atomic mass is 16.6. The van der Waals surface area contributed by atoms with Gasteiger partial charge in [0.25, 0.3) is 0 Å². The molecule has 7 atom stereocenters. The summed E-state index contributed by atoms with van der Waals surface area (Å²) in [5.74, 6) is -3.39. The Morgan fingerprint density at radius 3 is 2.54 bits per heavy atom. The molecule has 1 spiro atoms. The van der Waals surface area contributed by atoms with Crippen LogP contribution in [-0.2, 0) is 33.4 Å². The van der Waals surface area contributed by atoms with Crippen LogP contribution in [0.1, 0.15) is 64.5 Å². The average molecular weight is 640 g/mol. The van der Waals surface area contributed by atoms with Gasteiger partial charge < -0.3 is 34.4 Å². The first kappa shape index (κ1) is 35.3. The Morgan fingerprint density at radius 2 is 1.93 bits per heavy atom. The number of nitrogens with one attached hydrogen (secondary N) is 1. The van der Waals surface area contributed by atoms with Gasteiger partial charge in [-0.15, -0.1) is 13.2 Å². The molecule has 2 bridgehead atoms. The van der Waals surface area contributed by atoms with Crippen molar-refractivity contribution in [2.45, 2.75) is 88.3 Å². The van der Waals surface area contributed by atoms with Crippen LogP contribution in [0.2, 0.25) is 0 Å². The summed E-state index contributed by atoms with van der Waals surface area (Å²) in [5.41, 5.74) is -1.13. The van der Waals surface area contributed by atoms with E-state index in [1.165, 1.54) is 12.0 Å². The average Bonchev–Trinajstić information content (AvgIpc) is 3.67. The minimum Gasteiger partial charge on any atom is -0.455 e. The first-order chi connectivity index (χ1) is 21.9. The molecule has 0 aliphatic carbocycles. The van der Waals surface area contributed by atoms with E-state index in [0.717, 1.165) is 0 Å². The number of benzene rings is 1. The molecule has 252 valence electrons. The third-order valence-corrected chi connectivity index (χ3v) is 9.26. The highest BCUT2D eigenvalue weighted by Gasteiger charge is 2.75. The Balaban J connectivity index is 1.69. The van der Waals surface area contributed by atoms with Crippen molar-refractivity contribution >= 4 is 23.7 Å². The Hall–Kier alpha value is -3.54. The first-order valence-corrected chi connectivity index (χ1v) is 16.1. The minimum absolute atomic E-state index is 0.0705. The number of likely N-dealkylation sites (tertiary alicyclic amines) is 1. The number of carbonyl (C=O) groups is 4. The molecule has 3 fully saturated rings. The highest BCUT2D eigenvalue weighted by molar-refractivity contribution is 5.98. The number of aliphatic hydroxyl groups excluding tert-OH is 1. The standard InChI is InChI=1S/C35H49N3O8/c1-7-9-16-26(40)36-24(22-44-6)29(23-14-11-10-12-15-23)45-33(43)27-25-17-18-35(46-25)28(27)31(41)37(20-13-21-39)30(35)32(42)38(19-8-2)34(3,4)5/h7-8,10-12,14-15,24-25,27-30,39H,1-2,9,13,16-22H2,3-6H3,(H,36,40)/t24-,25-,27+,28+,29-,30-,35+/m1/s1. The first-order valence-electron chi connectivity index (χ1n) is 16.1. The van der Waals surface area contributed by atoms with Crippen molar-refractivity contribution in [2.24, 2.45) is 11.8 Å². The van der Waals surface area contributed by atoms with Crippen molar-refractivity contribution in [2.75, 3.05) is 33.4 Å². The molecular formula is C35H49N3O8. The number of amides is 3. The van der Waals surface area contributed by atoms with Crippen LogP contribution in [0.3, 0.4) is 0 Å². The fourth-order valence-corrected chi connectivity index (χ4v) is 7.28. The number of esters is 1. The normalized spacial score (nSPS) is 26.3. The SMILES string of the molecule is C=CCCC(=O)N[C@H](COC)[C@H](OC(=O)[C@@H]1[C@H]2C(=O)N(CCCO)[C@H](C(=O)N(CC=C)C(C)(C)C)[C@]23CC[C@H]1O3)c1ccccc1. The summed E-state index contributed by atoms with van der Waals surface area (Å²) in [6, 6.07) is 7.41. The van der Waals surface area contributed by atoms with Crippen molar-refractivity contribution in [3.63, 3.8) is 0 Å². The summed E-state index contributed by atoms with van der Waals surface area (Å²) in [4.78, 5) is 58.8. The second-order valence-corrected chi connectivity index (χ2v) is 13.3. The van der Waals surface area contributed by atoms with Crippen LogP contribution in [0.25, 0.3) is 0 Å². The Kier molecular flexibility index (Phi) is 11.5. The molecule has 46 heavy (non-hydrogen) atoms. The number of hydrogen-bond acceptors (Lipinski definition) is 8. The van der Waals surface area contributed by atoms with Gasteiger partial charge in [0.2, 0.25) is 17.7 Å². The van der Waals surface area contributed by atoms with Gasteiger partial charge in [-0.1, -0.05) is 42.5 Å².